The predicted molar refractivity (Wildman–Crippen MR) is 66.2 cm³/mol. The highest BCUT2D eigenvalue weighted by Crippen LogP contribution is 2.33. The van der Waals surface area contributed by atoms with Crippen LogP contribution in [0.2, 0.25) is 0 Å². The van der Waals surface area contributed by atoms with Crippen molar-refractivity contribution >= 4 is 15.9 Å². The molecule has 3 heteroatoms. The molecule has 0 aromatic carbocycles. The fourth-order valence-electron chi connectivity index (χ4n) is 2.44. The molecule has 1 aliphatic rings. The van der Waals surface area contributed by atoms with Gasteiger partial charge in [-0.15, -0.1) is 0 Å². The maximum atomic E-state index is 4.41. The van der Waals surface area contributed by atoms with Crippen LogP contribution in [0.4, 0.5) is 0 Å². The minimum Gasteiger partial charge on any atom is -0.276 e. The van der Waals surface area contributed by atoms with Crippen LogP contribution in [-0.4, -0.2) is 14.6 Å². The molecule has 0 aliphatic heterocycles. The van der Waals surface area contributed by atoms with Crippen molar-refractivity contribution in [3.8, 4) is 0 Å². The van der Waals surface area contributed by atoms with Gasteiger partial charge < -0.3 is 0 Å². The third-order valence-corrected chi connectivity index (χ3v) is 4.56. The molecule has 1 atom stereocenters. The Balaban J connectivity index is 1.77. The molecule has 0 N–H and O–H groups in total. The van der Waals surface area contributed by atoms with E-state index in [9.17, 15) is 0 Å². The smallest absolute Gasteiger partial charge is 0.0624 e. The van der Waals surface area contributed by atoms with E-state index in [4.69, 9.17) is 0 Å². The van der Waals surface area contributed by atoms with E-state index in [2.05, 4.69) is 27.1 Å². The van der Waals surface area contributed by atoms with E-state index in [1.807, 2.05) is 17.9 Å². The lowest BCUT2D eigenvalue weighted by atomic mass is 10.00. The first-order chi connectivity index (χ1) is 7.25. The van der Waals surface area contributed by atoms with Crippen molar-refractivity contribution in [1.82, 2.24) is 9.78 Å². The van der Waals surface area contributed by atoms with Gasteiger partial charge in [0.1, 0.15) is 0 Å². The van der Waals surface area contributed by atoms with Gasteiger partial charge in [0.25, 0.3) is 0 Å². The molecule has 1 aromatic heterocycles. The van der Waals surface area contributed by atoms with Crippen molar-refractivity contribution in [2.24, 2.45) is 13.0 Å². The summed E-state index contributed by atoms with van der Waals surface area (Å²) in [5, 5.41) is 4.41. The topological polar surface area (TPSA) is 17.8 Å². The summed E-state index contributed by atoms with van der Waals surface area (Å²) in [6, 6.07) is 2.12. The molecular formula is C12H19BrN2. The Morgan fingerprint density at radius 1 is 1.53 bits per heavy atom. The van der Waals surface area contributed by atoms with Gasteiger partial charge in [0.2, 0.25) is 0 Å². The third kappa shape index (κ3) is 3.07. The van der Waals surface area contributed by atoms with Crippen molar-refractivity contribution < 1.29 is 0 Å². The van der Waals surface area contributed by atoms with Gasteiger partial charge >= 0.3 is 0 Å². The molecule has 1 saturated carbocycles. The van der Waals surface area contributed by atoms with Gasteiger partial charge in [0.05, 0.1) is 5.69 Å². The van der Waals surface area contributed by atoms with Gasteiger partial charge in [-0.1, -0.05) is 28.8 Å². The van der Waals surface area contributed by atoms with Crippen LogP contribution < -0.4 is 0 Å². The summed E-state index contributed by atoms with van der Waals surface area (Å²) in [6.45, 7) is 0. The molecule has 0 spiro atoms. The summed E-state index contributed by atoms with van der Waals surface area (Å²) < 4.78 is 1.88. The van der Waals surface area contributed by atoms with E-state index in [0.717, 1.165) is 12.3 Å². The van der Waals surface area contributed by atoms with E-state index < -0.39 is 0 Å². The predicted octanol–water partition coefficient (Wildman–Crippen LogP) is 3.31. The van der Waals surface area contributed by atoms with Gasteiger partial charge in [-0.2, -0.15) is 5.10 Å². The average Bonchev–Trinajstić information content (AvgIpc) is 2.84. The van der Waals surface area contributed by atoms with Crippen LogP contribution in [0.25, 0.3) is 0 Å². The van der Waals surface area contributed by atoms with Crippen LogP contribution in [0, 0.1) is 5.92 Å². The van der Waals surface area contributed by atoms with Gasteiger partial charge in [0.15, 0.2) is 0 Å². The molecule has 1 fully saturated rings. The summed E-state index contributed by atoms with van der Waals surface area (Å²) in [4.78, 5) is 0.696. The zero-order valence-corrected chi connectivity index (χ0v) is 10.9. The van der Waals surface area contributed by atoms with Crippen LogP contribution in [0.5, 0.6) is 0 Å². The number of rotatable bonds is 4. The van der Waals surface area contributed by atoms with Crippen molar-refractivity contribution in [2.75, 3.05) is 0 Å². The number of aromatic nitrogens is 2. The minimum atomic E-state index is 0.696. The van der Waals surface area contributed by atoms with Crippen LogP contribution in [0.3, 0.4) is 0 Å². The lowest BCUT2D eigenvalue weighted by Crippen LogP contribution is -2.11. The highest BCUT2D eigenvalue weighted by molar-refractivity contribution is 9.09. The lowest BCUT2D eigenvalue weighted by Gasteiger charge is -2.15. The molecule has 1 unspecified atom stereocenters. The Labute approximate surface area is 100 Å². The number of hydrogen-bond donors (Lipinski definition) is 0. The standard InChI is InChI=1S/C12H19BrN2/c1-15-9-8-11(14-15)6-7-12(13)10-4-2-3-5-10/h8-10,12H,2-7H2,1H3. The first-order valence-electron chi connectivity index (χ1n) is 5.88. The SMILES string of the molecule is Cn1ccc(CCC(Br)C2CCCC2)n1. The molecule has 1 heterocycles. The zero-order valence-electron chi connectivity index (χ0n) is 9.32. The Morgan fingerprint density at radius 2 is 2.27 bits per heavy atom. The summed E-state index contributed by atoms with van der Waals surface area (Å²) >= 11 is 3.83. The van der Waals surface area contributed by atoms with Crippen molar-refractivity contribution in [3.05, 3.63) is 18.0 Å². The lowest BCUT2D eigenvalue weighted by molar-refractivity contribution is 0.503. The largest absolute Gasteiger partial charge is 0.276 e. The molecule has 2 nitrogen and oxygen atoms in total. The Morgan fingerprint density at radius 3 is 2.87 bits per heavy atom. The summed E-state index contributed by atoms with van der Waals surface area (Å²) in [7, 11) is 1.98. The first kappa shape index (κ1) is 11.2. The molecule has 0 amide bonds. The molecule has 84 valence electrons. The molecule has 2 rings (SSSR count). The van der Waals surface area contributed by atoms with E-state index in [-0.39, 0.29) is 0 Å². The molecule has 0 radical (unpaired) electrons. The van der Waals surface area contributed by atoms with Gasteiger partial charge in [-0.25, -0.2) is 0 Å². The maximum Gasteiger partial charge on any atom is 0.0624 e. The first-order valence-corrected chi connectivity index (χ1v) is 6.80. The molecular weight excluding hydrogens is 252 g/mol. The second-order valence-electron chi connectivity index (χ2n) is 4.58. The van der Waals surface area contributed by atoms with E-state index in [1.165, 1.54) is 37.8 Å². The average molecular weight is 271 g/mol. The van der Waals surface area contributed by atoms with Gasteiger partial charge in [0, 0.05) is 18.1 Å². The molecule has 1 aromatic rings. The molecule has 0 saturated heterocycles. The van der Waals surface area contributed by atoms with Crippen LogP contribution >= 0.6 is 15.9 Å². The summed E-state index contributed by atoms with van der Waals surface area (Å²) in [5.41, 5.74) is 1.22. The second kappa shape index (κ2) is 5.15. The number of halogens is 1. The van der Waals surface area contributed by atoms with E-state index in [1.54, 1.807) is 0 Å². The minimum absolute atomic E-state index is 0.696. The number of alkyl halides is 1. The number of aryl methyl sites for hydroxylation is 2. The van der Waals surface area contributed by atoms with Crippen molar-refractivity contribution in [1.29, 1.82) is 0 Å². The van der Waals surface area contributed by atoms with Crippen molar-refractivity contribution in [2.45, 2.75) is 43.4 Å². The van der Waals surface area contributed by atoms with E-state index in [0.29, 0.717) is 4.83 Å². The van der Waals surface area contributed by atoms with Gasteiger partial charge in [-0.3, -0.25) is 4.68 Å². The monoisotopic (exact) mass is 270 g/mol. The third-order valence-electron chi connectivity index (χ3n) is 3.36. The van der Waals surface area contributed by atoms with Gasteiger partial charge in [-0.05, 0) is 37.7 Å². The Bertz CT molecular complexity index is 302. The number of nitrogens with zero attached hydrogens (tertiary/aromatic N) is 2. The highest BCUT2D eigenvalue weighted by atomic mass is 79.9. The maximum absolute atomic E-state index is 4.41. The Kier molecular flexibility index (Phi) is 3.84. The highest BCUT2D eigenvalue weighted by Gasteiger charge is 2.22. The van der Waals surface area contributed by atoms with Crippen LogP contribution in [0.15, 0.2) is 12.3 Å². The quantitative estimate of drug-likeness (QED) is 0.768. The molecule has 1 aliphatic carbocycles. The second-order valence-corrected chi connectivity index (χ2v) is 5.76. The Hall–Kier alpha value is -0.310. The molecule has 15 heavy (non-hydrogen) atoms. The normalized spacial score (nSPS) is 19.6. The molecule has 0 bridgehead atoms. The summed E-state index contributed by atoms with van der Waals surface area (Å²) in [6.07, 6.45) is 10.0. The fraction of sp³-hybridized carbons (Fsp3) is 0.750. The van der Waals surface area contributed by atoms with Crippen LogP contribution in [-0.2, 0) is 13.5 Å². The fourth-order valence-corrected chi connectivity index (χ4v) is 3.19. The van der Waals surface area contributed by atoms with Crippen LogP contribution in [0.1, 0.15) is 37.8 Å². The van der Waals surface area contributed by atoms with E-state index >= 15 is 0 Å². The number of hydrogen-bond acceptors (Lipinski definition) is 1. The summed E-state index contributed by atoms with van der Waals surface area (Å²) in [5.74, 6) is 0.911. The van der Waals surface area contributed by atoms with Crippen molar-refractivity contribution in [3.63, 3.8) is 0 Å². The zero-order chi connectivity index (χ0) is 10.7.